The lowest BCUT2D eigenvalue weighted by molar-refractivity contribution is -0.132. The zero-order valence-corrected chi connectivity index (χ0v) is 14.2. The van der Waals surface area contributed by atoms with Crippen LogP contribution >= 0.6 is 0 Å². The van der Waals surface area contributed by atoms with Gasteiger partial charge in [0.2, 0.25) is 11.8 Å². The van der Waals surface area contributed by atoms with Gasteiger partial charge in [0.05, 0.1) is 19.3 Å². The standard InChI is InChI=1S/C16H27N5O2/c1-12-7-18-21(9-12)10-13(2)17-8-16(23)20-6-4-5-15(11-20)19-14(3)22/h7,9,13,15,17H,4-6,8,10-11H2,1-3H3,(H,19,22). The normalized spacial score (nSPS) is 19.4. The van der Waals surface area contributed by atoms with E-state index < -0.39 is 0 Å². The van der Waals surface area contributed by atoms with E-state index in [-0.39, 0.29) is 23.9 Å². The van der Waals surface area contributed by atoms with Crippen molar-refractivity contribution in [2.75, 3.05) is 19.6 Å². The van der Waals surface area contributed by atoms with Crippen molar-refractivity contribution in [2.24, 2.45) is 0 Å². The molecule has 1 aliphatic rings. The molecule has 2 atom stereocenters. The lowest BCUT2D eigenvalue weighted by Crippen LogP contribution is -2.51. The molecule has 7 heteroatoms. The third-order valence-corrected chi connectivity index (χ3v) is 4.01. The van der Waals surface area contributed by atoms with Crippen LogP contribution in [0.1, 0.15) is 32.3 Å². The first-order valence-electron chi connectivity index (χ1n) is 8.21. The Bertz CT molecular complexity index is 542. The summed E-state index contributed by atoms with van der Waals surface area (Å²) in [7, 11) is 0. The summed E-state index contributed by atoms with van der Waals surface area (Å²) in [6.07, 6.45) is 5.68. The van der Waals surface area contributed by atoms with E-state index in [1.807, 2.05) is 35.8 Å². The van der Waals surface area contributed by atoms with E-state index in [0.717, 1.165) is 31.5 Å². The van der Waals surface area contributed by atoms with Crippen LogP contribution in [0.3, 0.4) is 0 Å². The molecule has 0 saturated carbocycles. The maximum Gasteiger partial charge on any atom is 0.236 e. The number of hydrogen-bond acceptors (Lipinski definition) is 4. The number of nitrogens with one attached hydrogen (secondary N) is 2. The molecule has 1 aromatic heterocycles. The molecule has 7 nitrogen and oxygen atoms in total. The Labute approximate surface area is 137 Å². The highest BCUT2D eigenvalue weighted by atomic mass is 16.2. The van der Waals surface area contributed by atoms with Gasteiger partial charge < -0.3 is 15.5 Å². The van der Waals surface area contributed by atoms with Gasteiger partial charge in [-0.25, -0.2) is 0 Å². The Morgan fingerprint density at radius 1 is 1.48 bits per heavy atom. The minimum absolute atomic E-state index is 0.0365. The van der Waals surface area contributed by atoms with Crippen LogP contribution in [0.4, 0.5) is 0 Å². The highest BCUT2D eigenvalue weighted by Gasteiger charge is 2.24. The third-order valence-electron chi connectivity index (χ3n) is 4.01. The summed E-state index contributed by atoms with van der Waals surface area (Å²) in [6, 6.07) is 0.240. The van der Waals surface area contributed by atoms with Gasteiger partial charge in [-0.3, -0.25) is 14.3 Å². The Balaban J connectivity index is 1.74. The van der Waals surface area contributed by atoms with Crippen LogP contribution in [0.2, 0.25) is 0 Å². The number of carbonyl (C=O) groups is 2. The van der Waals surface area contributed by atoms with E-state index in [2.05, 4.69) is 15.7 Å². The molecule has 0 aliphatic carbocycles. The molecule has 128 valence electrons. The topological polar surface area (TPSA) is 79.3 Å². The zero-order chi connectivity index (χ0) is 16.8. The molecule has 0 bridgehead atoms. The van der Waals surface area contributed by atoms with E-state index in [1.54, 1.807) is 0 Å². The summed E-state index contributed by atoms with van der Waals surface area (Å²) in [5.41, 5.74) is 1.13. The second kappa shape index (κ2) is 8.10. The van der Waals surface area contributed by atoms with Crippen LogP contribution in [-0.4, -0.2) is 58.2 Å². The number of aromatic nitrogens is 2. The van der Waals surface area contributed by atoms with E-state index >= 15 is 0 Å². The first-order chi connectivity index (χ1) is 10.9. The van der Waals surface area contributed by atoms with Crippen LogP contribution in [-0.2, 0) is 16.1 Å². The van der Waals surface area contributed by atoms with Crippen LogP contribution in [0, 0.1) is 6.92 Å². The van der Waals surface area contributed by atoms with Gasteiger partial charge in [0.1, 0.15) is 0 Å². The largest absolute Gasteiger partial charge is 0.352 e. The Hall–Kier alpha value is -1.89. The summed E-state index contributed by atoms with van der Waals surface area (Å²) in [5, 5.41) is 10.4. The fourth-order valence-corrected chi connectivity index (χ4v) is 2.89. The third kappa shape index (κ3) is 5.67. The number of hydrogen-bond donors (Lipinski definition) is 2. The van der Waals surface area contributed by atoms with Crippen molar-refractivity contribution in [3.8, 4) is 0 Å². The molecule has 1 fully saturated rings. The first kappa shape index (κ1) is 17.5. The second-order valence-corrected chi connectivity index (χ2v) is 6.40. The van der Waals surface area contributed by atoms with Gasteiger partial charge >= 0.3 is 0 Å². The number of piperidine rings is 1. The van der Waals surface area contributed by atoms with Gasteiger partial charge in [-0.1, -0.05) is 0 Å². The molecule has 2 rings (SSSR count). The van der Waals surface area contributed by atoms with Gasteiger partial charge in [-0.2, -0.15) is 5.10 Å². The zero-order valence-electron chi connectivity index (χ0n) is 14.2. The molecule has 0 radical (unpaired) electrons. The second-order valence-electron chi connectivity index (χ2n) is 6.40. The Kier molecular flexibility index (Phi) is 6.15. The predicted octanol–water partition coefficient (Wildman–Crippen LogP) is 0.297. The van der Waals surface area contributed by atoms with E-state index in [4.69, 9.17) is 0 Å². The molecule has 0 aromatic carbocycles. The highest BCUT2D eigenvalue weighted by molar-refractivity contribution is 5.78. The van der Waals surface area contributed by atoms with Gasteiger partial charge in [0.15, 0.2) is 0 Å². The predicted molar refractivity (Wildman–Crippen MR) is 87.8 cm³/mol. The number of rotatable bonds is 6. The smallest absolute Gasteiger partial charge is 0.236 e. The average Bonchev–Trinajstić information content (AvgIpc) is 2.89. The molecule has 1 saturated heterocycles. The summed E-state index contributed by atoms with van der Waals surface area (Å²) < 4.78 is 1.88. The van der Waals surface area contributed by atoms with Crippen molar-refractivity contribution >= 4 is 11.8 Å². The number of likely N-dealkylation sites (tertiary alicyclic amines) is 1. The molecular formula is C16H27N5O2. The average molecular weight is 321 g/mol. The SMILES string of the molecule is CC(=O)NC1CCCN(C(=O)CNC(C)Cn2cc(C)cn2)C1. The van der Waals surface area contributed by atoms with Crippen LogP contribution in [0.25, 0.3) is 0 Å². The molecule has 1 aromatic rings. The highest BCUT2D eigenvalue weighted by Crippen LogP contribution is 2.10. The van der Waals surface area contributed by atoms with Crippen molar-refractivity contribution in [1.82, 2.24) is 25.3 Å². The fraction of sp³-hybridized carbons (Fsp3) is 0.688. The summed E-state index contributed by atoms with van der Waals surface area (Å²) in [6.45, 7) is 7.98. The number of aryl methyl sites for hydroxylation is 1. The lowest BCUT2D eigenvalue weighted by atomic mass is 10.1. The minimum Gasteiger partial charge on any atom is -0.352 e. The summed E-state index contributed by atoms with van der Waals surface area (Å²) in [5.74, 6) is 0.0501. The van der Waals surface area contributed by atoms with E-state index in [9.17, 15) is 9.59 Å². The van der Waals surface area contributed by atoms with Gasteiger partial charge in [0, 0.05) is 38.3 Å². The maximum atomic E-state index is 12.3. The van der Waals surface area contributed by atoms with Crippen LogP contribution in [0.5, 0.6) is 0 Å². The van der Waals surface area contributed by atoms with Crippen molar-refractivity contribution in [2.45, 2.75) is 52.2 Å². The molecular weight excluding hydrogens is 294 g/mol. The maximum absolute atomic E-state index is 12.3. The van der Waals surface area contributed by atoms with Crippen LogP contribution < -0.4 is 10.6 Å². The van der Waals surface area contributed by atoms with Crippen molar-refractivity contribution < 1.29 is 9.59 Å². The van der Waals surface area contributed by atoms with Gasteiger partial charge in [0.25, 0.3) is 0 Å². The molecule has 0 spiro atoms. The van der Waals surface area contributed by atoms with Crippen molar-refractivity contribution in [3.63, 3.8) is 0 Å². The first-order valence-corrected chi connectivity index (χ1v) is 8.21. The molecule has 2 unspecified atom stereocenters. The molecule has 2 N–H and O–H groups in total. The Morgan fingerprint density at radius 2 is 2.26 bits per heavy atom. The van der Waals surface area contributed by atoms with Crippen molar-refractivity contribution in [1.29, 1.82) is 0 Å². The van der Waals surface area contributed by atoms with Gasteiger partial charge in [-0.05, 0) is 32.3 Å². The molecule has 23 heavy (non-hydrogen) atoms. The molecule has 1 aliphatic heterocycles. The van der Waals surface area contributed by atoms with Crippen molar-refractivity contribution in [3.05, 3.63) is 18.0 Å². The molecule has 2 amide bonds. The van der Waals surface area contributed by atoms with E-state index in [1.165, 1.54) is 6.92 Å². The summed E-state index contributed by atoms with van der Waals surface area (Å²) in [4.78, 5) is 25.3. The molecule has 2 heterocycles. The van der Waals surface area contributed by atoms with Gasteiger partial charge in [-0.15, -0.1) is 0 Å². The Morgan fingerprint density at radius 3 is 2.91 bits per heavy atom. The quantitative estimate of drug-likeness (QED) is 0.790. The monoisotopic (exact) mass is 321 g/mol. The van der Waals surface area contributed by atoms with E-state index in [0.29, 0.717) is 13.1 Å². The fourth-order valence-electron chi connectivity index (χ4n) is 2.89. The number of amides is 2. The number of nitrogens with zero attached hydrogens (tertiary/aromatic N) is 3. The van der Waals surface area contributed by atoms with Crippen LogP contribution in [0.15, 0.2) is 12.4 Å². The number of carbonyl (C=O) groups excluding carboxylic acids is 2. The lowest BCUT2D eigenvalue weighted by Gasteiger charge is -2.33. The minimum atomic E-state index is -0.0365. The summed E-state index contributed by atoms with van der Waals surface area (Å²) >= 11 is 0.